The minimum absolute atomic E-state index is 0.149. The summed E-state index contributed by atoms with van der Waals surface area (Å²) in [6.45, 7) is 3.07. The second-order valence-corrected chi connectivity index (χ2v) is 11.5. The Balaban J connectivity index is 1.39. The number of carbonyl (C=O) groups is 2. The molecule has 12 heteroatoms. The molecule has 4 aromatic rings. The van der Waals surface area contributed by atoms with Gasteiger partial charge in [0.1, 0.15) is 5.56 Å². The van der Waals surface area contributed by atoms with E-state index in [0.29, 0.717) is 47.4 Å². The summed E-state index contributed by atoms with van der Waals surface area (Å²) in [6.07, 6.45) is 2.66. The first-order valence-corrected chi connectivity index (χ1v) is 14.9. The SMILES string of the molecule is COc1nc(-c2cccc(-c3cccc(NC(=O)c4cn(C)c(=O)n(C)c4=O)c3C)c2Cl)ccc1CNCC1CCC(=O)N1C. The number of nitrogens with one attached hydrogen (secondary N) is 2. The molecule has 5 rings (SSSR count). The predicted octanol–water partition coefficient (Wildman–Crippen LogP) is 3.75. The molecule has 1 unspecified atom stereocenters. The van der Waals surface area contributed by atoms with Crippen LogP contribution in [-0.2, 0) is 25.4 Å². The number of methoxy groups -OCH3 is 1. The van der Waals surface area contributed by atoms with Gasteiger partial charge in [-0.15, -0.1) is 0 Å². The fourth-order valence-electron chi connectivity index (χ4n) is 5.56. The highest BCUT2D eigenvalue weighted by Crippen LogP contribution is 2.39. The standard InChI is InChI=1S/C33H35ClN6O5/c1-19-22(8-7-11-26(19)36-30(42)25-18-38(2)33(44)40(4)32(25)43)23-9-6-10-24(29(23)34)27-14-12-20(31(37-27)45-5)16-35-17-21-13-15-28(41)39(21)3/h6-12,14,18,21,35H,13,15-17H2,1-5H3,(H,36,42). The van der Waals surface area contributed by atoms with Crippen LogP contribution in [0.5, 0.6) is 5.88 Å². The molecule has 0 bridgehead atoms. The number of pyridine rings is 1. The largest absolute Gasteiger partial charge is 0.481 e. The first kappa shape index (κ1) is 31.7. The second-order valence-electron chi connectivity index (χ2n) is 11.1. The average Bonchev–Trinajstić information content (AvgIpc) is 3.35. The maximum atomic E-state index is 13.1. The molecule has 2 aromatic heterocycles. The molecule has 1 aliphatic heterocycles. The summed E-state index contributed by atoms with van der Waals surface area (Å²) in [6, 6.07) is 15.1. The van der Waals surface area contributed by atoms with Crippen molar-refractivity contribution in [3.05, 3.63) is 97.3 Å². The molecule has 1 aliphatic rings. The topological polar surface area (TPSA) is 128 Å². The van der Waals surface area contributed by atoms with Crippen molar-refractivity contribution in [2.24, 2.45) is 14.1 Å². The van der Waals surface area contributed by atoms with Gasteiger partial charge in [-0.1, -0.05) is 48.0 Å². The van der Waals surface area contributed by atoms with Gasteiger partial charge >= 0.3 is 5.69 Å². The lowest BCUT2D eigenvalue weighted by Crippen LogP contribution is -2.40. The molecule has 0 aliphatic carbocycles. The number of aromatic nitrogens is 3. The smallest absolute Gasteiger partial charge is 0.330 e. The van der Waals surface area contributed by atoms with Crippen LogP contribution in [0.2, 0.25) is 5.02 Å². The Labute approximate surface area is 265 Å². The Morgan fingerprint density at radius 3 is 2.44 bits per heavy atom. The van der Waals surface area contributed by atoms with Gasteiger partial charge in [0, 0.05) is 75.3 Å². The number of hydrogen-bond donors (Lipinski definition) is 2. The molecular formula is C33H35ClN6O5. The van der Waals surface area contributed by atoms with Crippen molar-refractivity contribution < 1.29 is 14.3 Å². The summed E-state index contributed by atoms with van der Waals surface area (Å²) in [5.74, 6) is 0.0215. The molecule has 0 saturated carbocycles. The third-order valence-corrected chi connectivity index (χ3v) is 8.71. The van der Waals surface area contributed by atoms with Crippen molar-refractivity contribution in [2.75, 3.05) is 26.0 Å². The lowest BCUT2D eigenvalue weighted by molar-refractivity contribution is -0.127. The highest BCUT2D eigenvalue weighted by molar-refractivity contribution is 6.36. The number of aryl methyl sites for hydroxylation is 1. The number of likely N-dealkylation sites (tertiary alicyclic amines) is 1. The predicted molar refractivity (Wildman–Crippen MR) is 174 cm³/mol. The van der Waals surface area contributed by atoms with Crippen molar-refractivity contribution in [2.45, 2.75) is 32.4 Å². The Kier molecular flexibility index (Phi) is 9.21. The molecule has 2 N–H and O–H groups in total. The molecule has 3 heterocycles. The van der Waals surface area contributed by atoms with Gasteiger partial charge in [-0.2, -0.15) is 0 Å². The molecule has 234 valence electrons. The van der Waals surface area contributed by atoms with Crippen molar-refractivity contribution >= 4 is 29.1 Å². The third kappa shape index (κ3) is 6.27. The van der Waals surface area contributed by atoms with Crippen LogP contribution in [0.1, 0.15) is 34.3 Å². The van der Waals surface area contributed by atoms with Gasteiger partial charge in [0.05, 0.1) is 17.8 Å². The number of nitrogens with zero attached hydrogens (tertiary/aromatic N) is 4. The van der Waals surface area contributed by atoms with Crippen molar-refractivity contribution in [1.29, 1.82) is 0 Å². The minimum atomic E-state index is -0.678. The second kappa shape index (κ2) is 13.1. The maximum Gasteiger partial charge on any atom is 0.330 e. The van der Waals surface area contributed by atoms with E-state index in [1.165, 1.54) is 24.9 Å². The van der Waals surface area contributed by atoms with Gasteiger partial charge in [-0.05, 0) is 36.6 Å². The zero-order valence-electron chi connectivity index (χ0n) is 25.8. The number of halogens is 1. The molecular weight excluding hydrogens is 596 g/mol. The van der Waals surface area contributed by atoms with E-state index in [1.54, 1.807) is 24.1 Å². The van der Waals surface area contributed by atoms with E-state index in [1.807, 2.05) is 50.4 Å². The van der Waals surface area contributed by atoms with Gasteiger partial charge in [0.25, 0.3) is 11.5 Å². The molecule has 0 spiro atoms. The first-order chi connectivity index (χ1) is 21.5. The molecule has 11 nitrogen and oxygen atoms in total. The van der Waals surface area contributed by atoms with E-state index in [2.05, 4.69) is 10.6 Å². The molecule has 0 radical (unpaired) electrons. The van der Waals surface area contributed by atoms with E-state index in [-0.39, 0.29) is 17.5 Å². The van der Waals surface area contributed by atoms with Crippen molar-refractivity contribution in [3.8, 4) is 28.3 Å². The van der Waals surface area contributed by atoms with Gasteiger partial charge < -0.3 is 24.8 Å². The lowest BCUT2D eigenvalue weighted by atomic mass is 9.96. The van der Waals surface area contributed by atoms with E-state index in [9.17, 15) is 19.2 Å². The summed E-state index contributed by atoms with van der Waals surface area (Å²) in [4.78, 5) is 56.1. The quantitative estimate of drug-likeness (QED) is 0.288. The molecule has 1 saturated heterocycles. The van der Waals surface area contributed by atoms with Crippen LogP contribution in [-0.4, -0.2) is 57.6 Å². The van der Waals surface area contributed by atoms with Crippen LogP contribution < -0.4 is 26.6 Å². The summed E-state index contributed by atoms with van der Waals surface area (Å²) in [7, 11) is 6.22. The van der Waals surface area contributed by atoms with Crippen LogP contribution in [0.4, 0.5) is 5.69 Å². The molecule has 2 aromatic carbocycles. The molecule has 45 heavy (non-hydrogen) atoms. The Morgan fingerprint density at radius 1 is 1.02 bits per heavy atom. The normalized spacial score (nSPS) is 14.6. The van der Waals surface area contributed by atoms with E-state index >= 15 is 0 Å². The van der Waals surface area contributed by atoms with E-state index in [4.69, 9.17) is 21.3 Å². The Morgan fingerprint density at radius 2 is 1.73 bits per heavy atom. The zero-order valence-corrected chi connectivity index (χ0v) is 26.6. The number of carbonyl (C=O) groups excluding carboxylic acids is 2. The number of rotatable bonds is 9. The van der Waals surface area contributed by atoms with Crippen LogP contribution in [0.15, 0.2) is 64.3 Å². The number of hydrogen-bond acceptors (Lipinski definition) is 7. The highest BCUT2D eigenvalue weighted by Gasteiger charge is 2.27. The number of ether oxygens (including phenoxy) is 1. The van der Waals surface area contributed by atoms with Gasteiger partial charge in [-0.3, -0.25) is 19.0 Å². The highest BCUT2D eigenvalue weighted by atomic mass is 35.5. The monoisotopic (exact) mass is 630 g/mol. The number of amides is 2. The van der Waals surface area contributed by atoms with E-state index in [0.717, 1.165) is 33.2 Å². The van der Waals surface area contributed by atoms with Crippen LogP contribution >= 0.6 is 11.6 Å². The minimum Gasteiger partial charge on any atom is -0.481 e. The van der Waals surface area contributed by atoms with Gasteiger partial charge in [0.2, 0.25) is 11.8 Å². The van der Waals surface area contributed by atoms with Crippen LogP contribution in [0.3, 0.4) is 0 Å². The Bertz CT molecular complexity index is 1920. The maximum absolute atomic E-state index is 13.1. The zero-order chi connectivity index (χ0) is 32.4. The Hall–Kier alpha value is -4.74. The van der Waals surface area contributed by atoms with E-state index < -0.39 is 17.2 Å². The van der Waals surface area contributed by atoms with Crippen LogP contribution in [0.25, 0.3) is 22.4 Å². The number of anilines is 1. The average molecular weight is 631 g/mol. The van der Waals surface area contributed by atoms with Gasteiger partial charge in [-0.25, -0.2) is 9.78 Å². The fourth-order valence-corrected chi connectivity index (χ4v) is 5.89. The summed E-state index contributed by atoms with van der Waals surface area (Å²) >= 11 is 7.00. The van der Waals surface area contributed by atoms with Crippen molar-refractivity contribution in [1.82, 2.24) is 24.3 Å². The molecule has 1 fully saturated rings. The first-order valence-electron chi connectivity index (χ1n) is 14.5. The molecule has 2 amide bonds. The summed E-state index contributed by atoms with van der Waals surface area (Å²) < 4.78 is 7.71. The number of benzene rings is 2. The summed E-state index contributed by atoms with van der Waals surface area (Å²) in [5, 5.41) is 6.70. The van der Waals surface area contributed by atoms with Gasteiger partial charge in [0.15, 0.2) is 0 Å². The fraction of sp³-hybridized carbons (Fsp3) is 0.303. The number of likely N-dealkylation sites (N-methyl/N-ethyl adjacent to an activating group) is 1. The molecule has 1 atom stereocenters. The lowest BCUT2D eigenvalue weighted by Gasteiger charge is -2.20. The van der Waals surface area contributed by atoms with Crippen LogP contribution in [0, 0.1) is 6.92 Å². The summed E-state index contributed by atoms with van der Waals surface area (Å²) in [5.41, 5.74) is 3.65. The van der Waals surface area contributed by atoms with Crippen molar-refractivity contribution in [3.63, 3.8) is 0 Å². The third-order valence-electron chi connectivity index (χ3n) is 8.30.